The largest absolute Gasteiger partial charge is 0.478 e. The van der Waals surface area contributed by atoms with Gasteiger partial charge in [-0.05, 0) is 62.6 Å². The summed E-state index contributed by atoms with van der Waals surface area (Å²) >= 11 is 0. The molecule has 3 rings (SSSR count). The lowest BCUT2D eigenvalue weighted by Gasteiger charge is -2.39. The van der Waals surface area contributed by atoms with Crippen LogP contribution in [0.5, 0.6) is 0 Å². The van der Waals surface area contributed by atoms with E-state index in [1.54, 1.807) is 18.2 Å². The number of aromatic carboxylic acids is 1. The Balaban J connectivity index is 1.69. The van der Waals surface area contributed by atoms with Gasteiger partial charge in [0.1, 0.15) is 0 Å². The number of carbonyl (C=O) groups is 2. The molecule has 0 bridgehead atoms. The lowest BCUT2D eigenvalue weighted by Crippen LogP contribution is -2.37. The highest BCUT2D eigenvalue weighted by Crippen LogP contribution is 2.39. The van der Waals surface area contributed by atoms with Crippen LogP contribution in [0.2, 0.25) is 0 Å². The number of amides is 1. The monoisotopic (exact) mass is 395 g/mol. The molecule has 154 valence electrons. The standard InChI is InChI=1S/C24H29NO4/c1-24(2)16-18(13-15-29-24)19(17-8-4-3-5-9-17)12-14-25-22(26)20-10-6-7-11-21(20)23(27)28/h3-11,18-19H,12-16H2,1-2H3,(H,25,26)(H,27,28)/t18-,19-/m1/s1. The number of carbonyl (C=O) groups excluding carboxylic acids is 1. The zero-order valence-electron chi connectivity index (χ0n) is 17.1. The number of rotatable bonds is 7. The molecular formula is C24H29NO4. The van der Waals surface area contributed by atoms with Gasteiger partial charge in [0.2, 0.25) is 0 Å². The highest BCUT2D eigenvalue weighted by Gasteiger charge is 2.34. The quantitative estimate of drug-likeness (QED) is 0.724. The average Bonchev–Trinajstić information content (AvgIpc) is 2.71. The molecule has 0 aliphatic carbocycles. The summed E-state index contributed by atoms with van der Waals surface area (Å²) in [4.78, 5) is 23.9. The minimum Gasteiger partial charge on any atom is -0.478 e. The molecule has 1 saturated heterocycles. The summed E-state index contributed by atoms with van der Waals surface area (Å²) in [7, 11) is 0. The van der Waals surface area contributed by atoms with Crippen LogP contribution in [0.25, 0.3) is 0 Å². The van der Waals surface area contributed by atoms with Crippen molar-refractivity contribution in [3.63, 3.8) is 0 Å². The normalized spacial score (nSPS) is 19.3. The number of hydrogen-bond acceptors (Lipinski definition) is 3. The molecule has 1 aliphatic rings. The highest BCUT2D eigenvalue weighted by atomic mass is 16.5. The third-order valence-electron chi connectivity index (χ3n) is 5.67. The molecule has 29 heavy (non-hydrogen) atoms. The SMILES string of the molecule is CC1(C)C[C@H]([C@H](CCNC(=O)c2ccccc2C(=O)O)c2ccccc2)CCO1. The maximum atomic E-state index is 12.6. The van der Waals surface area contributed by atoms with E-state index in [0.29, 0.717) is 18.4 Å². The van der Waals surface area contributed by atoms with Gasteiger partial charge in [-0.3, -0.25) is 4.79 Å². The summed E-state index contributed by atoms with van der Waals surface area (Å²) in [6.07, 6.45) is 2.77. The van der Waals surface area contributed by atoms with E-state index in [9.17, 15) is 14.7 Å². The van der Waals surface area contributed by atoms with E-state index in [-0.39, 0.29) is 22.6 Å². The van der Waals surface area contributed by atoms with Gasteiger partial charge in [-0.2, -0.15) is 0 Å². The van der Waals surface area contributed by atoms with Crippen molar-refractivity contribution in [3.8, 4) is 0 Å². The predicted molar refractivity (Wildman–Crippen MR) is 112 cm³/mol. The van der Waals surface area contributed by atoms with E-state index in [1.165, 1.54) is 11.6 Å². The molecule has 1 heterocycles. The van der Waals surface area contributed by atoms with Crippen molar-refractivity contribution in [2.24, 2.45) is 5.92 Å². The summed E-state index contributed by atoms with van der Waals surface area (Å²) < 4.78 is 5.89. The average molecular weight is 395 g/mol. The number of carboxylic acids is 1. The first-order valence-corrected chi connectivity index (χ1v) is 10.2. The molecule has 5 nitrogen and oxygen atoms in total. The summed E-state index contributed by atoms with van der Waals surface area (Å²) in [5, 5.41) is 12.2. The molecule has 0 aromatic heterocycles. The second-order valence-corrected chi connectivity index (χ2v) is 8.27. The van der Waals surface area contributed by atoms with Gasteiger partial charge in [0.05, 0.1) is 16.7 Å². The van der Waals surface area contributed by atoms with Crippen molar-refractivity contribution < 1.29 is 19.4 Å². The number of nitrogens with one attached hydrogen (secondary N) is 1. The minimum atomic E-state index is -1.10. The van der Waals surface area contributed by atoms with Crippen LogP contribution in [0, 0.1) is 5.92 Å². The molecule has 0 spiro atoms. The Morgan fingerprint density at radius 2 is 1.76 bits per heavy atom. The molecular weight excluding hydrogens is 366 g/mol. The first-order chi connectivity index (χ1) is 13.9. The van der Waals surface area contributed by atoms with Gasteiger partial charge < -0.3 is 15.2 Å². The molecule has 1 amide bonds. The van der Waals surface area contributed by atoms with Crippen molar-refractivity contribution in [1.29, 1.82) is 0 Å². The fourth-order valence-electron chi connectivity index (χ4n) is 4.30. The van der Waals surface area contributed by atoms with Crippen LogP contribution in [0.15, 0.2) is 54.6 Å². The Labute approximate surface area is 172 Å². The van der Waals surface area contributed by atoms with Crippen molar-refractivity contribution >= 4 is 11.9 Å². The van der Waals surface area contributed by atoms with Crippen LogP contribution in [-0.4, -0.2) is 35.7 Å². The molecule has 0 unspecified atom stereocenters. The van der Waals surface area contributed by atoms with Crippen LogP contribution in [0.1, 0.15) is 65.3 Å². The third kappa shape index (κ3) is 5.45. The molecule has 2 aromatic carbocycles. The molecule has 1 aliphatic heterocycles. The molecule has 2 atom stereocenters. The molecule has 0 radical (unpaired) electrons. The Kier molecular flexibility index (Phi) is 6.70. The summed E-state index contributed by atoms with van der Waals surface area (Å²) in [5.74, 6) is -0.650. The van der Waals surface area contributed by atoms with Gasteiger partial charge >= 0.3 is 5.97 Å². The van der Waals surface area contributed by atoms with Gasteiger partial charge in [-0.25, -0.2) is 4.79 Å². The molecule has 5 heteroatoms. The first kappa shape index (κ1) is 21.1. The van der Waals surface area contributed by atoms with E-state index >= 15 is 0 Å². The van der Waals surface area contributed by atoms with Crippen molar-refractivity contribution in [3.05, 3.63) is 71.3 Å². The smallest absolute Gasteiger partial charge is 0.336 e. The third-order valence-corrected chi connectivity index (χ3v) is 5.67. The van der Waals surface area contributed by atoms with Crippen LogP contribution in [0.4, 0.5) is 0 Å². The van der Waals surface area contributed by atoms with E-state index in [0.717, 1.165) is 25.9 Å². The Morgan fingerprint density at radius 3 is 2.41 bits per heavy atom. The first-order valence-electron chi connectivity index (χ1n) is 10.2. The number of hydrogen-bond donors (Lipinski definition) is 2. The zero-order chi connectivity index (χ0) is 20.9. The highest BCUT2D eigenvalue weighted by molar-refractivity contribution is 6.04. The Morgan fingerprint density at radius 1 is 1.10 bits per heavy atom. The lowest BCUT2D eigenvalue weighted by molar-refractivity contribution is -0.0771. The Bertz CT molecular complexity index is 847. The van der Waals surface area contributed by atoms with Gasteiger partial charge in [0.25, 0.3) is 5.91 Å². The van der Waals surface area contributed by atoms with Crippen LogP contribution >= 0.6 is 0 Å². The van der Waals surface area contributed by atoms with Crippen LogP contribution in [0.3, 0.4) is 0 Å². The second kappa shape index (κ2) is 9.23. The zero-order valence-corrected chi connectivity index (χ0v) is 17.1. The molecule has 1 fully saturated rings. The Hall–Kier alpha value is -2.66. The summed E-state index contributed by atoms with van der Waals surface area (Å²) in [5.41, 5.74) is 1.36. The molecule has 0 saturated carbocycles. The van der Waals surface area contributed by atoms with E-state index in [2.05, 4.69) is 43.4 Å². The van der Waals surface area contributed by atoms with Crippen molar-refractivity contribution in [1.82, 2.24) is 5.32 Å². The fourth-order valence-corrected chi connectivity index (χ4v) is 4.30. The van der Waals surface area contributed by atoms with E-state index < -0.39 is 5.97 Å². The van der Waals surface area contributed by atoms with Gasteiger partial charge in [0.15, 0.2) is 0 Å². The molecule has 2 aromatic rings. The van der Waals surface area contributed by atoms with Crippen molar-refractivity contribution in [2.45, 2.75) is 44.6 Å². The van der Waals surface area contributed by atoms with Gasteiger partial charge in [-0.1, -0.05) is 42.5 Å². The number of ether oxygens (including phenoxy) is 1. The van der Waals surface area contributed by atoms with Gasteiger partial charge in [0, 0.05) is 13.2 Å². The maximum Gasteiger partial charge on any atom is 0.336 e. The van der Waals surface area contributed by atoms with Crippen molar-refractivity contribution in [2.75, 3.05) is 13.2 Å². The van der Waals surface area contributed by atoms with E-state index in [1.807, 2.05) is 6.07 Å². The van der Waals surface area contributed by atoms with E-state index in [4.69, 9.17) is 4.74 Å². The number of benzene rings is 2. The second-order valence-electron chi connectivity index (χ2n) is 8.27. The lowest BCUT2D eigenvalue weighted by atomic mass is 9.75. The fraction of sp³-hybridized carbons (Fsp3) is 0.417. The summed E-state index contributed by atoms with van der Waals surface area (Å²) in [6, 6.07) is 16.7. The summed E-state index contributed by atoms with van der Waals surface area (Å²) in [6.45, 7) is 5.50. The maximum absolute atomic E-state index is 12.6. The molecule has 2 N–H and O–H groups in total. The topological polar surface area (TPSA) is 75.6 Å². The predicted octanol–water partition coefficient (Wildman–Crippen LogP) is 4.49. The van der Waals surface area contributed by atoms with Crippen LogP contribution in [-0.2, 0) is 4.74 Å². The minimum absolute atomic E-state index is 0.0239. The van der Waals surface area contributed by atoms with Crippen LogP contribution < -0.4 is 5.32 Å². The number of carboxylic acid groups (broad SMARTS) is 1. The van der Waals surface area contributed by atoms with Gasteiger partial charge in [-0.15, -0.1) is 0 Å².